The molecule has 24 heteroatoms. The molecule has 530 valence electrons. The molecule has 0 saturated heterocycles. The molecule has 24 nitrogen and oxygen atoms in total. The lowest BCUT2D eigenvalue weighted by atomic mass is 10.1. The fourth-order valence-electron chi connectivity index (χ4n) is 13.3. The van der Waals surface area contributed by atoms with Crippen LogP contribution >= 0.6 is 0 Å². The maximum atomic E-state index is 6.63. The van der Waals surface area contributed by atoms with Crippen LogP contribution in [0.3, 0.4) is 0 Å². The predicted octanol–water partition coefficient (Wildman–Crippen LogP) is 20.9. The van der Waals surface area contributed by atoms with Crippen molar-refractivity contribution in [2.45, 2.75) is 0 Å². The lowest BCUT2D eigenvalue weighted by Gasteiger charge is -2.08. The molecule has 9 heterocycles. The van der Waals surface area contributed by atoms with Crippen LogP contribution in [-0.2, 0) is 0 Å². The van der Waals surface area contributed by atoms with Gasteiger partial charge in [0.2, 0.25) is 47.1 Å². The molecule has 2 aliphatic rings. The number of nitrogens with one attached hydrogen (secondary N) is 2. The van der Waals surface area contributed by atoms with Crippen LogP contribution in [0.4, 0.5) is 0 Å². The highest BCUT2D eigenvalue weighted by molar-refractivity contribution is 6.07. The molecule has 21 rings (SSSR count). The van der Waals surface area contributed by atoms with Crippen molar-refractivity contribution in [2.24, 2.45) is 0 Å². The molecule has 7 aromatic heterocycles. The Morgan fingerprint density at radius 1 is 0.188 bits per heavy atom. The van der Waals surface area contributed by atoms with Crippen LogP contribution in [0, 0.1) is 0 Å². The maximum Gasteiger partial charge on any atom is 0.248 e. The number of rotatable bonds is 16. The molecular formula is C88H50N16O8. The summed E-state index contributed by atoms with van der Waals surface area (Å²) < 4.78 is 50.9. The molecule has 0 fully saturated rings. The standard InChI is InChI=1S/C88H50N16O8/c1-5-13-49(14-6-1)81-97-101-85(109-81)53-21-29-57(30-22-53)105-61-37-41-65-69(45-61)77-89-73(65)94-78-71-47-63(107-59-33-25-55(26-34-59)87-103-99-83(111-87)51-17-9-3-10-18-51)39-43-67(71)75(91-78)96-80-72-48-64(108-60-35-27-56(28-36-60)88-104-100-84(112-88)52-19-11-4-12-20-52)40-44-68(72)76(92-80)95-79-70-46-62(38-42-66(70)74(90-79)93-77)106-58-31-23-54(24-32-58)86-102-98-82(110-86)50-15-7-2-8-16-50/h1-48H,(H2,89,90,91,92,93,94,95,96). The first kappa shape index (κ1) is 64.2. The fourth-order valence-corrected chi connectivity index (χ4v) is 13.3. The average molecular weight is 1460 g/mol. The SMILES string of the molecule is c1ccc(-c2nnc(-c3ccc(Oc4ccc5c(c4)-c4nc-5nc5[nH]c(nc6nc(nc7[nH]c(n4)c4ccc(Oc8ccc(-c9nnc(-c%10ccccc%10)o9)cc8)cc74)-c4ccc(Oc7ccc(-c8nnc(-c9ccccc9)o8)cc7)cc4-6)c4ccc(Oc6ccc(-c7nnc(-c8ccccc8)o7)cc6)cc54)cc3)o2)cc1. The van der Waals surface area contributed by atoms with Crippen LogP contribution in [0.15, 0.2) is 309 Å². The van der Waals surface area contributed by atoms with E-state index in [2.05, 4.69) is 50.8 Å². The van der Waals surface area contributed by atoms with Gasteiger partial charge in [0.05, 0.1) is 0 Å². The van der Waals surface area contributed by atoms with Gasteiger partial charge >= 0.3 is 0 Å². The van der Waals surface area contributed by atoms with Crippen LogP contribution in [0.1, 0.15) is 0 Å². The van der Waals surface area contributed by atoms with Gasteiger partial charge in [-0.25, -0.2) is 29.9 Å². The Morgan fingerprint density at radius 2 is 0.411 bits per heavy atom. The van der Waals surface area contributed by atoms with E-state index >= 15 is 0 Å². The van der Waals surface area contributed by atoms with E-state index in [1.54, 1.807) is 0 Å². The summed E-state index contributed by atoms with van der Waals surface area (Å²) in [4.78, 5) is 39.3. The molecule has 112 heavy (non-hydrogen) atoms. The second-order valence-corrected chi connectivity index (χ2v) is 26.1. The highest BCUT2D eigenvalue weighted by Crippen LogP contribution is 2.43. The van der Waals surface area contributed by atoms with Gasteiger partial charge in [-0.15, -0.1) is 40.8 Å². The zero-order chi connectivity index (χ0) is 74.0. The lowest BCUT2D eigenvalue weighted by molar-refractivity contribution is 0.482. The molecule has 0 spiro atoms. The minimum Gasteiger partial charge on any atom is -0.457 e. The van der Waals surface area contributed by atoms with Gasteiger partial charge in [-0.2, -0.15) is 0 Å². The van der Waals surface area contributed by atoms with Crippen molar-refractivity contribution in [3.05, 3.63) is 291 Å². The molecule has 0 amide bonds. The zero-order valence-corrected chi connectivity index (χ0v) is 58.2. The minimum atomic E-state index is 0.331. The maximum absolute atomic E-state index is 6.63. The van der Waals surface area contributed by atoms with E-state index < -0.39 is 0 Å². The van der Waals surface area contributed by atoms with Gasteiger partial charge in [-0.3, -0.25) is 0 Å². The fraction of sp³-hybridized carbons (Fsp3) is 0. The first-order chi connectivity index (χ1) is 55.3. The van der Waals surface area contributed by atoms with Gasteiger partial charge in [0.15, 0.2) is 23.3 Å². The zero-order valence-electron chi connectivity index (χ0n) is 58.2. The number of nitrogens with zero attached hydrogens (tertiary/aromatic N) is 14. The number of fused-ring (bicyclic) bond motifs is 20. The smallest absolute Gasteiger partial charge is 0.248 e. The average Bonchev–Trinajstić information content (AvgIpc) is 1.60. The Labute approximate surface area is 632 Å². The van der Waals surface area contributed by atoms with Crippen molar-refractivity contribution in [1.82, 2.24) is 80.7 Å². The monoisotopic (exact) mass is 1460 g/mol. The van der Waals surface area contributed by atoms with Crippen molar-refractivity contribution in [3.8, 4) is 183 Å². The van der Waals surface area contributed by atoms with Crippen LogP contribution in [0.5, 0.6) is 46.0 Å². The summed E-state index contributed by atoms with van der Waals surface area (Å²) in [6, 6.07) is 91.1. The summed E-state index contributed by atoms with van der Waals surface area (Å²) in [5.74, 6) is 8.76. The number of H-pyrrole nitrogens is 2. The molecule has 2 aliphatic heterocycles. The molecular weight excluding hydrogens is 1410 g/mol. The van der Waals surface area contributed by atoms with E-state index in [1.807, 2.05) is 291 Å². The third-order valence-corrected chi connectivity index (χ3v) is 18.8. The third-order valence-electron chi connectivity index (χ3n) is 18.8. The van der Waals surface area contributed by atoms with Gasteiger partial charge in [0, 0.05) is 88.3 Å². The highest BCUT2D eigenvalue weighted by Gasteiger charge is 2.26. The molecule has 0 radical (unpaired) electrons. The van der Waals surface area contributed by atoms with Crippen LogP contribution in [-0.4, -0.2) is 80.7 Å². The minimum absolute atomic E-state index is 0.331. The summed E-state index contributed by atoms with van der Waals surface area (Å²) >= 11 is 0. The predicted molar refractivity (Wildman–Crippen MR) is 417 cm³/mol. The summed E-state index contributed by atoms with van der Waals surface area (Å²) in [7, 11) is 0. The van der Waals surface area contributed by atoms with E-state index in [9.17, 15) is 0 Å². The Hall–Kier alpha value is -16.2. The summed E-state index contributed by atoms with van der Waals surface area (Å²) in [5, 5.41) is 37.2. The molecule has 0 unspecified atom stereocenters. The lowest BCUT2D eigenvalue weighted by Crippen LogP contribution is -1.88. The normalized spacial score (nSPS) is 11.6. The number of hydrogen-bond donors (Lipinski definition) is 2. The van der Waals surface area contributed by atoms with Crippen molar-refractivity contribution >= 4 is 44.1 Å². The van der Waals surface area contributed by atoms with Gasteiger partial charge in [-0.05, 0) is 218 Å². The number of aromatic nitrogens is 16. The van der Waals surface area contributed by atoms with Gasteiger partial charge in [-0.1, -0.05) is 72.8 Å². The highest BCUT2D eigenvalue weighted by atomic mass is 16.5. The number of ether oxygens (including phenoxy) is 4. The van der Waals surface area contributed by atoms with E-state index in [0.717, 1.165) is 44.5 Å². The van der Waals surface area contributed by atoms with Gasteiger partial charge in [0.25, 0.3) is 0 Å². The molecule has 12 aromatic carbocycles. The number of benzene rings is 12. The van der Waals surface area contributed by atoms with E-state index in [-0.39, 0.29) is 0 Å². The molecule has 0 aliphatic carbocycles. The molecule has 2 N–H and O–H groups in total. The van der Waals surface area contributed by atoms with Crippen LogP contribution < -0.4 is 18.9 Å². The Balaban J connectivity index is 0.686. The van der Waals surface area contributed by atoms with Crippen molar-refractivity contribution in [1.29, 1.82) is 0 Å². The summed E-state index contributed by atoms with van der Waals surface area (Å²) in [5.41, 5.74) is 10.5. The first-order valence-electron chi connectivity index (χ1n) is 35.4. The Bertz CT molecular complexity index is 6580. The Kier molecular flexibility index (Phi) is 15.4. The number of aromatic amines is 2. The van der Waals surface area contributed by atoms with Crippen LogP contribution in [0.25, 0.3) is 181 Å². The first-order valence-corrected chi connectivity index (χ1v) is 35.4. The molecule has 8 bridgehead atoms. The summed E-state index contributed by atoms with van der Waals surface area (Å²) in [6.07, 6.45) is 0. The van der Waals surface area contributed by atoms with E-state index in [0.29, 0.717) is 183 Å². The molecule has 0 saturated carbocycles. The Morgan fingerprint density at radius 3 is 0.688 bits per heavy atom. The van der Waals surface area contributed by atoms with E-state index in [4.69, 9.17) is 66.5 Å². The second-order valence-electron chi connectivity index (χ2n) is 26.1. The van der Waals surface area contributed by atoms with Crippen molar-refractivity contribution < 1.29 is 36.6 Å². The quantitative estimate of drug-likeness (QED) is 0.0908. The van der Waals surface area contributed by atoms with E-state index in [1.165, 1.54) is 0 Å². The molecule has 0 atom stereocenters. The topological polar surface area (TPSA) is 302 Å². The molecule has 19 aromatic rings. The second kappa shape index (κ2) is 27.0. The van der Waals surface area contributed by atoms with Gasteiger partial charge < -0.3 is 46.6 Å². The number of hydrogen-bond acceptors (Lipinski definition) is 22. The summed E-state index contributed by atoms with van der Waals surface area (Å²) in [6.45, 7) is 0. The van der Waals surface area contributed by atoms with Crippen LogP contribution in [0.2, 0.25) is 0 Å². The third kappa shape index (κ3) is 12.3. The van der Waals surface area contributed by atoms with Crippen molar-refractivity contribution in [2.75, 3.05) is 0 Å². The van der Waals surface area contributed by atoms with Crippen molar-refractivity contribution in [3.63, 3.8) is 0 Å². The van der Waals surface area contributed by atoms with Gasteiger partial charge in [0.1, 0.15) is 68.6 Å². The largest absolute Gasteiger partial charge is 0.457 e.